The summed E-state index contributed by atoms with van der Waals surface area (Å²) in [4.78, 5) is 0. The summed E-state index contributed by atoms with van der Waals surface area (Å²) in [7, 11) is 0. The van der Waals surface area contributed by atoms with Crippen LogP contribution in [0.1, 0.15) is 33.3 Å². The van der Waals surface area contributed by atoms with Gasteiger partial charge in [0.15, 0.2) is 11.6 Å². The molecule has 0 spiro atoms. The first-order valence-electron chi connectivity index (χ1n) is 8.81. The number of rotatable bonds is 3. The average molecular weight is 350 g/mol. The second kappa shape index (κ2) is 6.01. The minimum Gasteiger partial charge on any atom is -0.387 e. The largest absolute Gasteiger partial charge is 0.387 e. The van der Waals surface area contributed by atoms with E-state index >= 15 is 0 Å². The van der Waals surface area contributed by atoms with Crippen molar-refractivity contribution < 1.29 is 28.8 Å². The van der Waals surface area contributed by atoms with Crippen molar-refractivity contribution in [3.05, 3.63) is 35.9 Å². The van der Waals surface area contributed by atoms with Gasteiger partial charge in [-0.25, -0.2) is 0 Å². The minimum atomic E-state index is -0.824. The summed E-state index contributed by atoms with van der Waals surface area (Å²) < 4.78 is 30.2. The Balaban J connectivity index is 1.59. The summed E-state index contributed by atoms with van der Waals surface area (Å²) in [5.74, 6) is -1.56. The van der Waals surface area contributed by atoms with Crippen molar-refractivity contribution in [1.82, 2.24) is 0 Å². The van der Waals surface area contributed by atoms with Crippen LogP contribution in [0.2, 0.25) is 0 Å². The predicted octanol–water partition coefficient (Wildman–Crippen LogP) is 1.99. The lowest BCUT2D eigenvalue weighted by Gasteiger charge is -2.40. The Bertz CT molecular complexity index is 584. The Morgan fingerprint density at radius 3 is 1.84 bits per heavy atom. The van der Waals surface area contributed by atoms with Gasteiger partial charge in [-0.05, 0) is 33.3 Å². The van der Waals surface area contributed by atoms with Crippen molar-refractivity contribution in [2.75, 3.05) is 0 Å². The molecule has 0 aromatic heterocycles. The van der Waals surface area contributed by atoms with Crippen LogP contribution in [0.3, 0.4) is 0 Å². The van der Waals surface area contributed by atoms with Gasteiger partial charge in [0.2, 0.25) is 0 Å². The van der Waals surface area contributed by atoms with E-state index in [1.807, 2.05) is 58.0 Å². The Morgan fingerprint density at radius 2 is 1.32 bits per heavy atom. The normalized spacial score (nSPS) is 41.3. The number of aliphatic hydroxyl groups is 1. The van der Waals surface area contributed by atoms with Crippen LogP contribution in [0.5, 0.6) is 0 Å². The molecule has 138 valence electrons. The Kier molecular flexibility index (Phi) is 4.18. The van der Waals surface area contributed by atoms with Crippen LogP contribution in [0.25, 0.3) is 0 Å². The van der Waals surface area contributed by atoms with E-state index in [1.54, 1.807) is 0 Å². The van der Waals surface area contributed by atoms with Gasteiger partial charge < -0.3 is 28.8 Å². The summed E-state index contributed by atoms with van der Waals surface area (Å²) in [5, 5.41) is 10.8. The Hall–Kier alpha value is -1.02. The molecule has 4 unspecified atom stereocenters. The molecule has 0 amide bonds. The zero-order chi connectivity index (χ0) is 17.8. The van der Waals surface area contributed by atoms with Crippen LogP contribution in [0, 0.1) is 0 Å². The second-order valence-corrected chi connectivity index (χ2v) is 7.88. The highest BCUT2D eigenvalue weighted by atomic mass is 16.8. The molecule has 1 N–H and O–H groups in total. The lowest BCUT2D eigenvalue weighted by Crippen LogP contribution is -2.62. The van der Waals surface area contributed by atoms with Crippen molar-refractivity contribution in [2.24, 2.45) is 0 Å². The number of ether oxygens (including phenoxy) is 5. The van der Waals surface area contributed by atoms with Crippen molar-refractivity contribution in [3.8, 4) is 0 Å². The molecule has 0 bridgehead atoms. The highest BCUT2D eigenvalue weighted by Gasteiger charge is 2.63. The Morgan fingerprint density at radius 1 is 0.840 bits per heavy atom. The molecule has 4 atom stereocenters. The zero-order valence-electron chi connectivity index (χ0n) is 15.0. The van der Waals surface area contributed by atoms with Gasteiger partial charge in [-0.1, -0.05) is 30.3 Å². The van der Waals surface area contributed by atoms with Crippen molar-refractivity contribution in [1.29, 1.82) is 0 Å². The van der Waals surface area contributed by atoms with Gasteiger partial charge in [-0.3, -0.25) is 0 Å². The first-order chi connectivity index (χ1) is 11.8. The molecule has 1 aliphatic carbocycles. The summed E-state index contributed by atoms with van der Waals surface area (Å²) in [5.41, 5.74) is 1.07. The van der Waals surface area contributed by atoms with Crippen LogP contribution in [0.4, 0.5) is 0 Å². The highest BCUT2D eigenvalue weighted by Crippen LogP contribution is 2.45. The van der Waals surface area contributed by atoms with E-state index < -0.39 is 42.1 Å². The SMILES string of the molecule is CC1(C)OC2C(O)C3OC(C)(C)OC3C(OCc3ccccc3)C2O1. The number of fused-ring (bicyclic) bond motifs is 2. The monoisotopic (exact) mass is 350 g/mol. The third kappa shape index (κ3) is 3.23. The molecular weight excluding hydrogens is 324 g/mol. The summed E-state index contributed by atoms with van der Waals surface area (Å²) in [6.07, 6.45) is -3.04. The third-order valence-corrected chi connectivity index (χ3v) is 4.93. The van der Waals surface area contributed by atoms with E-state index in [2.05, 4.69) is 0 Å². The quantitative estimate of drug-likeness (QED) is 0.899. The van der Waals surface area contributed by atoms with Gasteiger partial charge in [-0.2, -0.15) is 0 Å². The standard InChI is InChI=1S/C19H26O6/c1-18(2)22-13-12(20)14-17(25-19(3,4)23-14)15(16(13)24-18)21-10-11-8-6-5-7-9-11/h5-9,12-17,20H,10H2,1-4H3. The molecule has 1 saturated carbocycles. The van der Waals surface area contributed by atoms with Crippen molar-refractivity contribution in [3.63, 3.8) is 0 Å². The molecule has 4 rings (SSSR count). The van der Waals surface area contributed by atoms with Gasteiger partial charge in [0.05, 0.1) is 6.61 Å². The molecule has 3 fully saturated rings. The van der Waals surface area contributed by atoms with Crippen molar-refractivity contribution in [2.45, 2.75) is 82.5 Å². The molecule has 6 nitrogen and oxygen atoms in total. The van der Waals surface area contributed by atoms with Crippen LogP contribution in [-0.4, -0.2) is 53.3 Å². The van der Waals surface area contributed by atoms with E-state index in [9.17, 15) is 5.11 Å². The predicted molar refractivity (Wildman–Crippen MR) is 88.7 cm³/mol. The molecule has 2 heterocycles. The fraction of sp³-hybridized carbons (Fsp3) is 0.684. The fourth-order valence-electron chi connectivity index (χ4n) is 4.00. The molecule has 0 radical (unpaired) electrons. The molecule has 2 aliphatic heterocycles. The fourth-order valence-corrected chi connectivity index (χ4v) is 4.00. The van der Waals surface area contributed by atoms with E-state index in [1.165, 1.54) is 0 Å². The molecule has 3 aliphatic rings. The first kappa shape index (κ1) is 17.4. The van der Waals surface area contributed by atoms with E-state index in [4.69, 9.17) is 23.7 Å². The maximum atomic E-state index is 10.8. The van der Waals surface area contributed by atoms with Gasteiger partial charge >= 0.3 is 0 Å². The highest BCUT2D eigenvalue weighted by molar-refractivity contribution is 5.14. The van der Waals surface area contributed by atoms with Crippen LogP contribution >= 0.6 is 0 Å². The smallest absolute Gasteiger partial charge is 0.164 e. The lowest BCUT2D eigenvalue weighted by atomic mass is 9.85. The molecule has 1 aromatic rings. The van der Waals surface area contributed by atoms with Gasteiger partial charge in [0, 0.05) is 0 Å². The molecule has 25 heavy (non-hydrogen) atoms. The average Bonchev–Trinajstić information content (AvgIpc) is 3.04. The number of aliphatic hydroxyl groups excluding tert-OH is 1. The summed E-state index contributed by atoms with van der Waals surface area (Å²) in [6.45, 7) is 7.80. The minimum absolute atomic E-state index is 0.387. The van der Waals surface area contributed by atoms with E-state index in [0.29, 0.717) is 6.61 Å². The number of hydrogen-bond donors (Lipinski definition) is 1. The summed E-state index contributed by atoms with van der Waals surface area (Å²) in [6, 6.07) is 9.95. The third-order valence-electron chi connectivity index (χ3n) is 4.93. The van der Waals surface area contributed by atoms with Crippen LogP contribution < -0.4 is 0 Å². The second-order valence-electron chi connectivity index (χ2n) is 7.88. The molecule has 6 heteroatoms. The van der Waals surface area contributed by atoms with Gasteiger partial charge in [-0.15, -0.1) is 0 Å². The first-order valence-corrected chi connectivity index (χ1v) is 8.81. The number of hydrogen-bond acceptors (Lipinski definition) is 6. The molecule has 1 aromatic carbocycles. The van der Waals surface area contributed by atoms with E-state index in [-0.39, 0.29) is 6.10 Å². The maximum Gasteiger partial charge on any atom is 0.164 e. The lowest BCUT2D eigenvalue weighted by molar-refractivity contribution is -0.190. The Labute approximate surface area is 148 Å². The van der Waals surface area contributed by atoms with Gasteiger partial charge in [0.25, 0.3) is 0 Å². The maximum absolute atomic E-state index is 10.8. The van der Waals surface area contributed by atoms with Crippen LogP contribution in [-0.2, 0) is 30.3 Å². The van der Waals surface area contributed by atoms with Gasteiger partial charge in [0.1, 0.15) is 36.6 Å². The molecule has 2 saturated heterocycles. The van der Waals surface area contributed by atoms with E-state index in [0.717, 1.165) is 5.56 Å². The number of benzene rings is 1. The topological polar surface area (TPSA) is 66.4 Å². The van der Waals surface area contributed by atoms with Crippen molar-refractivity contribution >= 4 is 0 Å². The van der Waals surface area contributed by atoms with Crippen LogP contribution in [0.15, 0.2) is 30.3 Å². The zero-order valence-corrected chi connectivity index (χ0v) is 15.0. The molecular formula is C19H26O6. The summed E-state index contributed by atoms with van der Waals surface area (Å²) >= 11 is 0.